The molecule has 0 aliphatic carbocycles. The van der Waals surface area contributed by atoms with Crippen molar-refractivity contribution in [3.63, 3.8) is 0 Å². The summed E-state index contributed by atoms with van der Waals surface area (Å²) in [5.41, 5.74) is 0.435. The van der Waals surface area contributed by atoms with Crippen LogP contribution in [0.15, 0.2) is 24.3 Å². The van der Waals surface area contributed by atoms with Crippen LogP contribution in [-0.4, -0.2) is 24.3 Å². The van der Waals surface area contributed by atoms with Crippen LogP contribution in [0.2, 0.25) is 0 Å². The van der Waals surface area contributed by atoms with Crippen LogP contribution in [0.25, 0.3) is 0 Å². The summed E-state index contributed by atoms with van der Waals surface area (Å²) in [6, 6.07) is 6.64. The molecule has 0 atom stereocenters. The Hall–Kier alpha value is -0.995. The Balaban J connectivity index is 0. The van der Waals surface area contributed by atoms with E-state index in [0.717, 1.165) is 0 Å². The van der Waals surface area contributed by atoms with Crippen LogP contribution in [0.1, 0.15) is 2.85 Å². The molecule has 0 aliphatic heterocycles. The quantitative estimate of drug-likeness (QED) is 0.586. The lowest BCUT2D eigenvalue weighted by Crippen LogP contribution is -2.29. The lowest BCUT2D eigenvalue weighted by Gasteiger charge is -2.01. The maximum absolute atomic E-state index is 8.74. The molecule has 3 nitrogen and oxygen atoms in total. The fourth-order valence-corrected chi connectivity index (χ4v) is 0.802. The van der Waals surface area contributed by atoms with Crippen molar-refractivity contribution in [2.24, 2.45) is 0 Å². The SMILES string of the molecule is COc1cccc(B(O)O)c1.[HH].[HH]. The molecule has 0 saturated heterocycles. The average Bonchev–Trinajstić information content (AvgIpc) is 2.05. The van der Waals surface area contributed by atoms with Gasteiger partial charge >= 0.3 is 7.12 Å². The van der Waals surface area contributed by atoms with Crippen molar-refractivity contribution >= 4 is 12.6 Å². The third-order valence-corrected chi connectivity index (χ3v) is 1.39. The van der Waals surface area contributed by atoms with Crippen LogP contribution in [-0.2, 0) is 0 Å². The standard InChI is InChI=1S/C7H9BO3.2H2/c1-11-7-4-2-3-6(5-7)8(9)10;;/h2-5,9-10H,1H3;2*1H. The summed E-state index contributed by atoms with van der Waals surface area (Å²) in [6.07, 6.45) is 0. The van der Waals surface area contributed by atoms with Crippen LogP contribution in [0.4, 0.5) is 0 Å². The first-order valence-electron chi connectivity index (χ1n) is 3.24. The van der Waals surface area contributed by atoms with Gasteiger partial charge in [-0.1, -0.05) is 12.1 Å². The topological polar surface area (TPSA) is 49.7 Å². The molecular weight excluding hydrogens is 143 g/mol. The van der Waals surface area contributed by atoms with Crippen molar-refractivity contribution in [3.8, 4) is 5.75 Å². The molecule has 62 valence electrons. The predicted octanol–water partition coefficient (Wildman–Crippen LogP) is -0.133. The minimum atomic E-state index is -1.43. The van der Waals surface area contributed by atoms with E-state index in [1.165, 1.54) is 7.11 Å². The maximum atomic E-state index is 8.74. The Morgan fingerprint density at radius 1 is 1.45 bits per heavy atom. The summed E-state index contributed by atoms with van der Waals surface area (Å²) >= 11 is 0. The summed E-state index contributed by atoms with van der Waals surface area (Å²) in [7, 11) is 0.105. The van der Waals surface area contributed by atoms with E-state index in [9.17, 15) is 0 Å². The number of rotatable bonds is 2. The second-order valence-corrected chi connectivity index (χ2v) is 2.15. The van der Waals surface area contributed by atoms with E-state index in [0.29, 0.717) is 11.2 Å². The molecule has 0 bridgehead atoms. The van der Waals surface area contributed by atoms with Gasteiger partial charge in [0.05, 0.1) is 7.11 Å². The predicted molar refractivity (Wildman–Crippen MR) is 47.0 cm³/mol. The molecule has 1 aromatic carbocycles. The Kier molecular flexibility index (Phi) is 2.51. The van der Waals surface area contributed by atoms with Gasteiger partial charge in [0.1, 0.15) is 5.75 Å². The Morgan fingerprint density at radius 2 is 2.18 bits per heavy atom. The van der Waals surface area contributed by atoms with Gasteiger partial charge in [0.25, 0.3) is 0 Å². The van der Waals surface area contributed by atoms with Crippen molar-refractivity contribution in [2.75, 3.05) is 7.11 Å². The summed E-state index contributed by atoms with van der Waals surface area (Å²) < 4.78 is 4.88. The molecule has 0 aliphatic rings. The first kappa shape index (κ1) is 8.10. The van der Waals surface area contributed by atoms with Crippen molar-refractivity contribution in [1.82, 2.24) is 0 Å². The lowest BCUT2D eigenvalue weighted by molar-refractivity contribution is 0.412. The van der Waals surface area contributed by atoms with E-state index in [2.05, 4.69) is 0 Å². The Bertz CT molecular complexity index is 245. The minimum absolute atomic E-state index is 0. The van der Waals surface area contributed by atoms with Gasteiger partial charge in [-0.15, -0.1) is 0 Å². The summed E-state index contributed by atoms with van der Waals surface area (Å²) in [5.74, 6) is 0.621. The zero-order valence-corrected chi connectivity index (χ0v) is 6.19. The van der Waals surface area contributed by atoms with Crippen LogP contribution in [0, 0.1) is 0 Å². The molecule has 1 aromatic rings. The molecule has 0 unspecified atom stereocenters. The highest BCUT2D eigenvalue weighted by molar-refractivity contribution is 6.58. The van der Waals surface area contributed by atoms with Crippen molar-refractivity contribution in [1.29, 1.82) is 0 Å². The van der Waals surface area contributed by atoms with Gasteiger partial charge in [-0.05, 0) is 17.6 Å². The fourth-order valence-electron chi connectivity index (χ4n) is 0.802. The molecular formula is C7H13BO3. The molecule has 0 saturated carbocycles. The summed E-state index contributed by atoms with van der Waals surface area (Å²) in [5, 5.41) is 17.5. The number of methoxy groups -OCH3 is 1. The second kappa shape index (κ2) is 3.41. The van der Waals surface area contributed by atoms with Crippen LogP contribution in [0.3, 0.4) is 0 Å². The normalized spacial score (nSPS) is 9.36. The minimum Gasteiger partial charge on any atom is -0.497 e. The smallest absolute Gasteiger partial charge is 0.488 e. The van der Waals surface area contributed by atoms with Gasteiger partial charge in [-0.25, -0.2) is 0 Å². The first-order valence-corrected chi connectivity index (χ1v) is 3.24. The van der Waals surface area contributed by atoms with Gasteiger partial charge in [0.2, 0.25) is 0 Å². The highest BCUT2D eigenvalue weighted by Crippen LogP contribution is 2.05. The van der Waals surface area contributed by atoms with Crippen molar-refractivity contribution in [2.45, 2.75) is 0 Å². The molecule has 0 amide bonds. The number of hydrogen-bond donors (Lipinski definition) is 2. The van der Waals surface area contributed by atoms with Crippen LogP contribution < -0.4 is 10.2 Å². The van der Waals surface area contributed by atoms with Gasteiger partial charge < -0.3 is 14.8 Å². The van der Waals surface area contributed by atoms with Gasteiger partial charge in [0, 0.05) is 2.85 Å². The molecule has 11 heavy (non-hydrogen) atoms. The number of benzene rings is 1. The van der Waals surface area contributed by atoms with E-state index in [-0.39, 0.29) is 2.85 Å². The zero-order chi connectivity index (χ0) is 8.27. The second-order valence-electron chi connectivity index (χ2n) is 2.15. The van der Waals surface area contributed by atoms with Crippen molar-refractivity contribution < 1.29 is 17.6 Å². The summed E-state index contributed by atoms with van der Waals surface area (Å²) in [6.45, 7) is 0. The van der Waals surface area contributed by atoms with Gasteiger partial charge in [-0.2, -0.15) is 0 Å². The fraction of sp³-hybridized carbons (Fsp3) is 0.143. The van der Waals surface area contributed by atoms with Crippen molar-refractivity contribution in [3.05, 3.63) is 24.3 Å². The Morgan fingerprint density at radius 3 is 2.73 bits per heavy atom. The molecule has 0 fully saturated rings. The van der Waals surface area contributed by atoms with E-state index in [1.807, 2.05) is 0 Å². The monoisotopic (exact) mass is 156 g/mol. The molecule has 1 rings (SSSR count). The average molecular weight is 156 g/mol. The molecule has 4 heteroatoms. The van der Waals surface area contributed by atoms with E-state index >= 15 is 0 Å². The van der Waals surface area contributed by atoms with Crippen LogP contribution in [0.5, 0.6) is 5.75 Å². The van der Waals surface area contributed by atoms with Crippen LogP contribution >= 0.6 is 0 Å². The van der Waals surface area contributed by atoms with Gasteiger partial charge in [0.15, 0.2) is 0 Å². The zero-order valence-electron chi connectivity index (χ0n) is 6.19. The van der Waals surface area contributed by atoms with Gasteiger partial charge in [-0.3, -0.25) is 0 Å². The third-order valence-electron chi connectivity index (χ3n) is 1.39. The molecule has 0 heterocycles. The molecule has 0 spiro atoms. The lowest BCUT2D eigenvalue weighted by atomic mass is 9.80. The first-order chi connectivity index (χ1) is 5.24. The van der Waals surface area contributed by atoms with E-state index in [4.69, 9.17) is 14.8 Å². The van der Waals surface area contributed by atoms with E-state index < -0.39 is 7.12 Å². The number of ether oxygens (including phenoxy) is 1. The molecule has 0 radical (unpaired) electrons. The third kappa shape index (κ3) is 1.96. The highest BCUT2D eigenvalue weighted by atomic mass is 16.5. The Labute approximate surface area is 68.4 Å². The number of hydrogen-bond acceptors (Lipinski definition) is 3. The van der Waals surface area contributed by atoms with E-state index in [1.54, 1.807) is 24.3 Å². The maximum Gasteiger partial charge on any atom is 0.488 e. The highest BCUT2D eigenvalue weighted by Gasteiger charge is 2.10. The molecule has 2 N–H and O–H groups in total. The summed E-state index contributed by atoms with van der Waals surface area (Å²) in [4.78, 5) is 0. The molecule has 0 aromatic heterocycles. The largest absolute Gasteiger partial charge is 0.497 e.